The van der Waals surface area contributed by atoms with Crippen molar-refractivity contribution >= 4 is 22.4 Å². The summed E-state index contributed by atoms with van der Waals surface area (Å²) in [6, 6.07) is 16.7. The van der Waals surface area contributed by atoms with Gasteiger partial charge in [0.05, 0.1) is 21.3 Å². The molecule has 1 N–H and O–H groups in total. The molecule has 0 spiro atoms. The lowest BCUT2D eigenvalue weighted by Crippen LogP contribution is -2.50. The topological polar surface area (TPSA) is 62.9 Å². The van der Waals surface area contributed by atoms with E-state index in [4.69, 9.17) is 9.47 Å². The van der Waals surface area contributed by atoms with E-state index in [-0.39, 0.29) is 5.88 Å². The molecule has 154 valence electrons. The van der Waals surface area contributed by atoms with Crippen LogP contribution in [0.2, 0.25) is 0 Å². The Morgan fingerprint density at radius 1 is 1.13 bits per heavy atom. The maximum Gasteiger partial charge on any atom is 0.345 e. The van der Waals surface area contributed by atoms with Crippen LogP contribution in [-0.4, -0.2) is 32.3 Å². The van der Waals surface area contributed by atoms with E-state index in [9.17, 15) is 9.90 Å². The number of anilines is 1. The molecule has 2 heterocycles. The molecule has 7 heteroatoms. The van der Waals surface area contributed by atoms with E-state index < -0.39 is 12.0 Å². The Labute approximate surface area is 179 Å². The zero-order chi connectivity index (χ0) is 21.4. The summed E-state index contributed by atoms with van der Waals surface area (Å²) >= 11 is 1.48. The highest BCUT2D eigenvalue weighted by Gasteiger charge is 2.45. The SMILES string of the molecule is COC(=O)C1=C(C)N(C)c2sc(-c3ccccc3)c(O)[n+]2[C@@H]1c1cccc(OC)c1. The first-order valence-corrected chi connectivity index (χ1v) is 10.3. The average molecular weight is 424 g/mol. The number of thiazole rings is 1. The van der Waals surface area contributed by atoms with E-state index in [1.54, 1.807) is 11.7 Å². The van der Waals surface area contributed by atoms with Crippen molar-refractivity contribution in [2.75, 3.05) is 26.2 Å². The third-order valence-electron chi connectivity index (χ3n) is 5.39. The molecule has 2 aromatic carbocycles. The van der Waals surface area contributed by atoms with Crippen molar-refractivity contribution in [3.05, 3.63) is 71.4 Å². The Morgan fingerprint density at radius 3 is 2.53 bits per heavy atom. The van der Waals surface area contributed by atoms with E-state index >= 15 is 0 Å². The third-order valence-corrected chi connectivity index (χ3v) is 6.67. The summed E-state index contributed by atoms with van der Waals surface area (Å²) < 4.78 is 12.3. The molecular formula is C23H23N2O4S+. The summed E-state index contributed by atoms with van der Waals surface area (Å²) in [7, 11) is 4.86. The molecule has 0 saturated heterocycles. The fourth-order valence-electron chi connectivity index (χ4n) is 3.77. The predicted octanol–water partition coefficient (Wildman–Crippen LogP) is 3.90. The van der Waals surface area contributed by atoms with Gasteiger partial charge >= 0.3 is 17.0 Å². The number of esters is 1. The van der Waals surface area contributed by atoms with Gasteiger partial charge in [0.2, 0.25) is 0 Å². The Morgan fingerprint density at radius 2 is 1.87 bits per heavy atom. The highest BCUT2D eigenvalue weighted by Crippen LogP contribution is 2.44. The van der Waals surface area contributed by atoms with Gasteiger partial charge in [0.15, 0.2) is 6.04 Å². The monoisotopic (exact) mass is 423 g/mol. The number of carbonyl (C=O) groups is 1. The molecule has 0 bridgehead atoms. The molecule has 1 aromatic heterocycles. The number of aromatic hydroxyl groups is 1. The van der Waals surface area contributed by atoms with Crippen molar-refractivity contribution in [1.82, 2.24) is 0 Å². The van der Waals surface area contributed by atoms with Gasteiger partial charge in [-0.2, -0.15) is 4.57 Å². The first-order chi connectivity index (χ1) is 14.5. The molecule has 1 aliphatic rings. The Hall–Kier alpha value is -3.32. The quantitative estimate of drug-likeness (QED) is 0.509. The van der Waals surface area contributed by atoms with Crippen LogP contribution in [-0.2, 0) is 9.53 Å². The number of ether oxygens (including phenoxy) is 2. The van der Waals surface area contributed by atoms with E-state index in [1.807, 2.05) is 73.5 Å². The predicted molar refractivity (Wildman–Crippen MR) is 116 cm³/mol. The molecule has 0 fully saturated rings. The Bertz CT molecular complexity index is 1140. The van der Waals surface area contributed by atoms with Crippen LogP contribution in [0.4, 0.5) is 5.13 Å². The Balaban J connectivity index is 2.00. The number of nitrogens with zero attached hydrogens (tertiary/aromatic N) is 2. The van der Waals surface area contributed by atoms with E-state index in [1.165, 1.54) is 18.4 Å². The van der Waals surface area contributed by atoms with Crippen LogP contribution < -0.4 is 14.2 Å². The van der Waals surface area contributed by atoms with E-state index in [2.05, 4.69) is 0 Å². The number of benzene rings is 2. The van der Waals surface area contributed by atoms with Crippen LogP contribution in [0.25, 0.3) is 10.4 Å². The van der Waals surface area contributed by atoms with Gasteiger partial charge in [-0.05, 0) is 36.0 Å². The van der Waals surface area contributed by atoms with Gasteiger partial charge in [0.1, 0.15) is 21.9 Å². The molecule has 0 radical (unpaired) electrons. The number of rotatable bonds is 4. The van der Waals surface area contributed by atoms with Gasteiger partial charge in [0.25, 0.3) is 0 Å². The van der Waals surface area contributed by atoms with Crippen molar-refractivity contribution in [3.8, 4) is 22.1 Å². The van der Waals surface area contributed by atoms with Crippen LogP contribution >= 0.6 is 11.3 Å². The number of fused-ring (bicyclic) bond motifs is 1. The molecule has 0 amide bonds. The van der Waals surface area contributed by atoms with Crippen molar-refractivity contribution in [1.29, 1.82) is 0 Å². The standard InChI is InChI=1S/C23H22N2O4S/c1-14-18(22(27)29-4)19(16-11-8-12-17(13-16)28-3)25-21(26)20(30-23(25)24(14)2)15-9-6-5-7-10-15/h5-13,19H,1-4H3/p+1/t19-/m1/s1. The smallest absolute Gasteiger partial charge is 0.345 e. The van der Waals surface area contributed by atoms with Gasteiger partial charge < -0.3 is 14.6 Å². The third kappa shape index (κ3) is 3.11. The maximum atomic E-state index is 12.8. The average Bonchev–Trinajstić information content (AvgIpc) is 3.13. The molecule has 3 aromatic rings. The lowest BCUT2D eigenvalue weighted by molar-refractivity contribution is -0.695. The fraction of sp³-hybridized carbons (Fsp3) is 0.217. The minimum atomic E-state index is -0.549. The molecule has 1 aliphatic heterocycles. The number of hydrogen-bond acceptors (Lipinski definition) is 6. The van der Waals surface area contributed by atoms with Crippen LogP contribution in [0.5, 0.6) is 11.6 Å². The molecule has 0 saturated carbocycles. The van der Waals surface area contributed by atoms with Crippen LogP contribution in [0, 0.1) is 0 Å². The van der Waals surface area contributed by atoms with Gasteiger partial charge in [0, 0.05) is 5.56 Å². The first kappa shape index (κ1) is 20.0. The van der Waals surface area contributed by atoms with Crippen molar-refractivity contribution in [2.45, 2.75) is 13.0 Å². The summed E-state index contributed by atoms with van der Waals surface area (Å²) in [6.07, 6.45) is 0. The van der Waals surface area contributed by atoms with Crippen LogP contribution in [0.15, 0.2) is 65.9 Å². The number of allylic oxidation sites excluding steroid dienone is 1. The lowest BCUT2D eigenvalue weighted by atomic mass is 9.94. The summed E-state index contributed by atoms with van der Waals surface area (Å²) in [6.45, 7) is 1.89. The normalized spacial score (nSPS) is 15.7. The summed E-state index contributed by atoms with van der Waals surface area (Å²) in [4.78, 5) is 15.5. The van der Waals surface area contributed by atoms with E-state index in [0.717, 1.165) is 26.8 Å². The number of aromatic nitrogens is 1. The minimum Gasteiger partial charge on any atom is -0.497 e. The molecular weight excluding hydrogens is 400 g/mol. The second-order valence-corrected chi connectivity index (χ2v) is 7.98. The zero-order valence-corrected chi connectivity index (χ0v) is 18.1. The maximum absolute atomic E-state index is 12.8. The summed E-state index contributed by atoms with van der Waals surface area (Å²) in [5.41, 5.74) is 2.98. The van der Waals surface area contributed by atoms with Gasteiger partial charge in [-0.25, -0.2) is 9.69 Å². The van der Waals surface area contributed by atoms with E-state index in [0.29, 0.717) is 11.3 Å². The van der Waals surface area contributed by atoms with Gasteiger partial charge in [-0.1, -0.05) is 42.5 Å². The second kappa shape index (κ2) is 7.84. The molecule has 6 nitrogen and oxygen atoms in total. The molecule has 30 heavy (non-hydrogen) atoms. The Kier molecular flexibility index (Phi) is 5.22. The van der Waals surface area contributed by atoms with Crippen molar-refractivity contribution in [2.24, 2.45) is 0 Å². The largest absolute Gasteiger partial charge is 0.497 e. The summed E-state index contributed by atoms with van der Waals surface area (Å²) in [5.74, 6) is 0.348. The van der Waals surface area contributed by atoms with Gasteiger partial charge in [-0.3, -0.25) is 0 Å². The fourth-order valence-corrected chi connectivity index (χ4v) is 4.96. The van der Waals surface area contributed by atoms with Gasteiger partial charge in [-0.15, -0.1) is 0 Å². The number of hydrogen-bond donors (Lipinski definition) is 1. The highest BCUT2D eigenvalue weighted by atomic mass is 32.1. The second-order valence-electron chi connectivity index (χ2n) is 7.00. The van der Waals surface area contributed by atoms with Crippen LogP contribution in [0.1, 0.15) is 18.5 Å². The minimum absolute atomic E-state index is 0.106. The number of methoxy groups -OCH3 is 2. The first-order valence-electron chi connectivity index (χ1n) is 9.47. The molecule has 4 rings (SSSR count). The van der Waals surface area contributed by atoms with Crippen LogP contribution in [0.3, 0.4) is 0 Å². The lowest BCUT2D eigenvalue weighted by Gasteiger charge is -2.27. The highest BCUT2D eigenvalue weighted by molar-refractivity contribution is 7.18. The molecule has 0 unspecified atom stereocenters. The number of carbonyl (C=O) groups excluding carboxylic acids is 1. The van der Waals surface area contributed by atoms with Crippen molar-refractivity contribution in [3.63, 3.8) is 0 Å². The zero-order valence-electron chi connectivity index (χ0n) is 17.2. The molecule has 1 atom stereocenters. The molecule has 0 aliphatic carbocycles. The van der Waals surface area contributed by atoms with Crippen molar-refractivity contribution < 1.29 is 23.9 Å². The summed E-state index contributed by atoms with van der Waals surface area (Å²) in [5, 5.41) is 12.1.